The van der Waals surface area contributed by atoms with E-state index in [2.05, 4.69) is 16.4 Å². The van der Waals surface area contributed by atoms with E-state index < -0.39 is 5.91 Å². The molecule has 0 spiro atoms. The Morgan fingerprint density at radius 3 is 3.00 bits per heavy atom. The predicted octanol–water partition coefficient (Wildman–Crippen LogP) is 4.02. The smallest absolute Gasteiger partial charge is 0.267 e. The van der Waals surface area contributed by atoms with Crippen molar-refractivity contribution in [3.63, 3.8) is 0 Å². The summed E-state index contributed by atoms with van der Waals surface area (Å²) in [6.07, 6.45) is 5.04. The van der Waals surface area contributed by atoms with Gasteiger partial charge in [-0.15, -0.1) is 0 Å². The number of fused-ring (bicyclic) bond motifs is 1. The zero-order valence-corrected chi connectivity index (χ0v) is 16.9. The Labute approximate surface area is 174 Å². The second-order valence-electron chi connectivity index (χ2n) is 7.56. The zero-order chi connectivity index (χ0) is 21.1. The molecule has 6 nitrogen and oxygen atoms in total. The molecule has 2 N–H and O–H groups in total. The summed E-state index contributed by atoms with van der Waals surface area (Å²) in [6.45, 7) is 5.20. The molecule has 4 rings (SSSR count). The monoisotopic (exact) mass is 408 g/mol. The number of halogens is 1. The fourth-order valence-corrected chi connectivity index (χ4v) is 4.16. The van der Waals surface area contributed by atoms with Crippen molar-refractivity contribution in [1.29, 1.82) is 0 Å². The number of nitrogens with zero attached hydrogens (tertiary/aromatic N) is 3. The first-order valence-corrected chi connectivity index (χ1v) is 10.2. The molecule has 1 atom stereocenters. The number of carbonyl (C=O) groups is 1. The van der Waals surface area contributed by atoms with Gasteiger partial charge in [-0.05, 0) is 55.8 Å². The van der Waals surface area contributed by atoms with Crippen LogP contribution in [0.2, 0.25) is 0 Å². The van der Waals surface area contributed by atoms with E-state index in [4.69, 9.17) is 10.2 Å². The quantitative estimate of drug-likeness (QED) is 0.380. The van der Waals surface area contributed by atoms with Crippen LogP contribution >= 0.6 is 0 Å². The summed E-state index contributed by atoms with van der Waals surface area (Å²) in [5, 5.41) is 8.67. The highest BCUT2D eigenvalue weighted by Crippen LogP contribution is 2.33. The van der Waals surface area contributed by atoms with Gasteiger partial charge in [-0.1, -0.05) is 25.1 Å². The van der Waals surface area contributed by atoms with Crippen LogP contribution in [0, 0.1) is 5.82 Å². The van der Waals surface area contributed by atoms with Crippen LogP contribution in [0.1, 0.15) is 31.4 Å². The molecule has 1 aliphatic rings. The van der Waals surface area contributed by atoms with Gasteiger partial charge in [0, 0.05) is 30.3 Å². The Bertz CT molecular complexity index is 1090. The van der Waals surface area contributed by atoms with Crippen molar-refractivity contribution in [2.45, 2.75) is 25.8 Å². The summed E-state index contributed by atoms with van der Waals surface area (Å²) in [4.78, 5) is 18.5. The van der Waals surface area contributed by atoms with Crippen LogP contribution in [0.15, 0.2) is 48.5 Å². The lowest BCUT2D eigenvalue weighted by atomic mass is 10.0. The van der Waals surface area contributed by atoms with E-state index in [9.17, 15) is 9.18 Å². The normalized spacial score (nSPS) is 17.6. The van der Waals surface area contributed by atoms with Gasteiger partial charge in [0.05, 0.1) is 11.0 Å². The van der Waals surface area contributed by atoms with Gasteiger partial charge in [-0.2, -0.15) is 0 Å². The minimum Gasteiger partial charge on any atom is -0.320 e. The lowest BCUT2D eigenvalue weighted by Crippen LogP contribution is -2.36. The molecule has 1 saturated heterocycles. The molecule has 3 aromatic rings. The number of hydroxylamine groups is 1. The second kappa shape index (κ2) is 8.77. The molecule has 0 radical (unpaired) electrons. The third-order valence-electron chi connectivity index (χ3n) is 5.63. The number of benzene rings is 2. The van der Waals surface area contributed by atoms with Crippen LogP contribution in [0.5, 0.6) is 0 Å². The molecule has 1 unspecified atom stereocenters. The first-order valence-electron chi connectivity index (χ1n) is 10.2. The highest BCUT2D eigenvalue weighted by atomic mass is 19.1. The average Bonchev–Trinajstić information content (AvgIpc) is 3.16. The van der Waals surface area contributed by atoms with E-state index in [1.54, 1.807) is 17.6 Å². The van der Waals surface area contributed by atoms with Gasteiger partial charge in [0.2, 0.25) is 0 Å². The molecule has 7 heteroatoms. The summed E-state index contributed by atoms with van der Waals surface area (Å²) in [7, 11) is 0. The molecule has 156 valence electrons. The number of imidazole rings is 1. The summed E-state index contributed by atoms with van der Waals surface area (Å²) in [6, 6.07) is 12.7. The molecule has 30 heavy (non-hydrogen) atoms. The van der Waals surface area contributed by atoms with Gasteiger partial charge < -0.3 is 9.47 Å². The van der Waals surface area contributed by atoms with Crippen molar-refractivity contribution < 1.29 is 14.4 Å². The molecule has 2 heterocycles. The Hall–Kier alpha value is -3.03. The molecular formula is C23H25FN4O2. The zero-order valence-electron chi connectivity index (χ0n) is 16.9. The third kappa shape index (κ3) is 4.13. The largest absolute Gasteiger partial charge is 0.320 e. The van der Waals surface area contributed by atoms with Gasteiger partial charge in [-0.25, -0.2) is 14.9 Å². The number of amides is 1. The SMILES string of the molecule is CCN1CCCC(n2c(-c3cccc(C=CC(=O)NO)c3)nc3cc(F)ccc32)C1. The molecule has 1 amide bonds. The minimum absolute atomic E-state index is 0.253. The lowest BCUT2D eigenvalue weighted by Gasteiger charge is -2.33. The van der Waals surface area contributed by atoms with Crippen LogP contribution in [-0.2, 0) is 4.79 Å². The predicted molar refractivity (Wildman–Crippen MR) is 114 cm³/mol. The van der Waals surface area contributed by atoms with Crippen molar-refractivity contribution in [1.82, 2.24) is 19.9 Å². The van der Waals surface area contributed by atoms with Crippen molar-refractivity contribution in [3.8, 4) is 11.4 Å². The maximum atomic E-state index is 13.9. The third-order valence-corrected chi connectivity index (χ3v) is 5.63. The van der Waals surface area contributed by atoms with Gasteiger partial charge in [0.25, 0.3) is 5.91 Å². The van der Waals surface area contributed by atoms with Crippen molar-refractivity contribution >= 4 is 23.0 Å². The van der Waals surface area contributed by atoms with E-state index in [0.717, 1.165) is 54.9 Å². The maximum absolute atomic E-state index is 13.9. The maximum Gasteiger partial charge on any atom is 0.267 e. The summed E-state index contributed by atoms with van der Waals surface area (Å²) < 4.78 is 16.1. The molecule has 2 aromatic carbocycles. The molecule has 1 fully saturated rings. The van der Waals surface area contributed by atoms with E-state index in [-0.39, 0.29) is 11.9 Å². The number of hydrogen-bond donors (Lipinski definition) is 2. The number of likely N-dealkylation sites (N-methyl/N-ethyl adjacent to an activating group) is 1. The average molecular weight is 408 g/mol. The van der Waals surface area contributed by atoms with Crippen molar-refractivity contribution in [2.75, 3.05) is 19.6 Å². The number of aromatic nitrogens is 2. The van der Waals surface area contributed by atoms with Crippen molar-refractivity contribution in [2.24, 2.45) is 0 Å². The first-order chi connectivity index (χ1) is 14.6. The van der Waals surface area contributed by atoms with Gasteiger partial charge >= 0.3 is 0 Å². The Morgan fingerprint density at radius 1 is 1.33 bits per heavy atom. The summed E-state index contributed by atoms with van der Waals surface area (Å²) >= 11 is 0. The Morgan fingerprint density at radius 2 is 2.20 bits per heavy atom. The van der Waals surface area contributed by atoms with Crippen LogP contribution in [0.3, 0.4) is 0 Å². The number of hydrogen-bond acceptors (Lipinski definition) is 4. The molecule has 0 aliphatic carbocycles. The number of likely N-dealkylation sites (tertiary alicyclic amines) is 1. The highest BCUT2D eigenvalue weighted by Gasteiger charge is 2.25. The van der Waals surface area contributed by atoms with Crippen LogP contribution in [0.4, 0.5) is 4.39 Å². The van der Waals surface area contributed by atoms with Crippen LogP contribution in [0.25, 0.3) is 28.5 Å². The van der Waals surface area contributed by atoms with E-state index in [1.807, 2.05) is 24.3 Å². The number of rotatable bonds is 5. The minimum atomic E-state index is -0.593. The summed E-state index contributed by atoms with van der Waals surface area (Å²) in [5.74, 6) is -0.102. The fraction of sp³-hybridized carbons (Fsp3) is 0.304. The molecular weight excluding hydrogens is 383 g/mol. The number of carbonyl (C=O) groups excluding carboxylic acids is 1. The van der Waals surface area contributed by atoms with Gasteiger partial charge in [0.15, 0.2) is 0 Å². The van der Waals surface area contributed by atoms with Gasteiger partial charge in [-0.3, -0.25) is 10.0 Å². The summed E-state index contributed by atoms with van der Waals surface area (Å²) in [5.41, 5.74) is 4.85. The van der Waals surface area contributed by atoms with E-state index in [1.165, 1.54) is 18.2 Å². The standard InChI is InChI=1S/C23H25FN4O2/c1-2-27-12-4-7-19(15-27)28-21-10-9-18(24)14-20(21)25-23(28)17-6-3-5-16(13-17)8-11-22(29)26-30/h3,5-6,8-11,13-14,19,30H,2,4,7,12,15H2,1H3,(H,26,29). The Balaban J connectivity index is 1.81. The first kappa shape index (κ1) is 20.3. The fourth-order valence-electron chi connectivity index (χ4n) is 4.16. The topological polar surface area (TPSA) is 70.4 Å². The van der Waals surface area contributed by atoms with E-state index in [0.29, 0.717) is 5.52 Å². The van der Waals surface area contributed by atoms with Gasteiger partial charge in [0.1, 0.15) is 11.6 Å². The highest BCUT2D eigenvalue weighted by molar-refractivity contribution is 5.91. The molecule has 1 aliphatic heterocycles. The molecule has 0 saturated carbocycles. The van der Waals surface area contributed by atoms with Crippen molar-refractivity contribution in [3.05, 3.63) is 59.9 Å². The second-order valence-corrected chi connectivity index (χ2v) is 7.56. The molecule has 1 aromatic heterocycles. The van der Waals surface area contributed by atoms with E-state index >= 15 is 0 Å². The van der Waals surface area contributed by atoms with Crippen LogP contribution in [-0.4, -0.2) is 45.2 Å². The lowest BCUT2D eigenvalue weighted by molar-refractivity contribution is -0.124. The van der Waals surface area contributed by atoms with Crippen LogP contribution < -0.4 is 5.48 Å². The Kier molecular flexibility index (Phi) is 5.92. The molecule has 0 bridgehead atoms. The number of piperidine rings is 1. The number of nitrogens with one attached hydrogen (secondary N) is 1.